The molecule has 7 heteroatoms. The van der Waals surface area contributed by atoms with Crippen molar-refractivity contribution in [3.63, 3.8) is 0 Å². The minimum Gasteiger partial charge on any atom is -0.369 e. The molecule has 3 aromatic rings. The molecular formula is C21H25N7. The van der Waals surface area contributed by atoms with Crippen LogP contribution in [-0.4, -0.2) is 47.5 Å². The zero-order valence-electron chi connectivity index (χ0n) is 16.4. The van der Waals surface area contributed by atoms with Crippen LogP contribution in [0, 0.1) is 18.3 Å². The molecule has 0 atom stereocenters. The van der Waals surface area contributed by atoms with Gasteiger partial charge in [-0.15, -0.1) is 0 Å². The SMILES string of the molecule is Cc1nn(C)c2nc(NCCc3ccc(N4CCNCC4)cc3)c(C#N)cc12. The monoisotopic (exact) mass is 375 g/mol. The smallest absolute Gasteiger partial charge is 0.160 e. The molecule has 0 saturated carbocycles. The Hall–Kier alpha value is -3.11. The van der Waals surface area contributed by atoms with Crippen LogP contribution in [0.4, 0.5) is 11.5 Å². The van der Waals surface area contributed by atoms with Gasteiger partial charge in [0.1, 0.15) is 11.9 Å². The average molecular weight is 375 g/mol. The van der Waals surface area contributed by atoms with Crippen LogP contribution in [0.3, 0.4) is 0 Å². The standard InChI is InChI=1S/C21H25N7/c1-15-19-13-17(14-22)20(25-21(19)27(2)26-15)24-8-7-16-3-5-18(6-4-16)28-11-9-23-10-12-28/h3-6,13,23H,7-12H2,1-2H3,(H,24,25). The fraction of sp³-hybridized carbons (Fsp3) is 0.381. The van der Waals surface area contributed by atoms with Gasteiger partial charge in [-0.05, 0) is 37.1 Å². The van der Waals surface area contributed by atoms with Crippen LogP contribution in [-0.2, 0) is 13.5 Å². The van der Waals surface area contributed by atoms with Crippen LogP contribution in [0.15, 0.2) is 30.3 Å². The summed E-state index contributed by atoms with van der Waals surface area (Å²) in [6.45, 7) is 6.85. The van der Waals surface area contributed by atoms with Gasteiger partial charge in [0.15, 0.2) is 5.65 Å². The van der Waals surface area contributed by atoms with Crippen LogP contribution >= 0.6 is 0 Å². The summed E-state index contributed by atoms with van der Waals surface area (Å²) in [5.74, 6) is 0.621. The Balaban J connectivity index is 1.42. The molecule has 3 heterocycles. The fourth-order valence-corrected chi connectivity index (χ4v) is 3.68. The van der Waals surface area contributed by atoms with Crippen molar-refractivity contribution >= 4 is 22.5 Å². The molecule has 1 aliphatic heterocycles. The quantitative estimate of drug-likeness (QED) is 0.712. The maximum absolute atomic E-state index is 9.48. The third-order valence-corrected chi connectivity index (χ3v) is 5.24. The number of rotatable bonds is 5. The third-order valence-electron chi connectivity index (χ3n) is 5.24. The van der Waals surface area contributed by atoms with E-state index in [1.807, 2.05) is 20.0 Å². The molecule has 7 nitrogen and oxygen atoms in total. The largest absolute Gasteiger partial charge is 0.369 e. The normalized spacial score (nSPS) is 14.2. The first kappa shape index (κ1) is 18.3. The molecule has 4 rings (SSSR count). The number of hydrogen-bond donors (Lipinski definition) is 2. The van der Waals surface area contributed by atoms with Gasteiger partial charge in [0, 0.05) is 50.8 Å². The van der Waals surface area contributed by atoms with Crippen molar-refractivity contribution in [3.05, 3.63) is 47.2 Å². The van der Waals surface area contributed by atoms with Gasteiger partial charge in [-0.3, -0.25) is 4.68 Å². The number of anilines is 2. The number of nitriles is 1. The summed E-state index contributed by atoms with van der Waals surface area (Å²) < 4.78 is 1.76. The number of aryl methyl sites for hydroxylation is 2. The van der Waals surface area contributed by atoms with Gasteiger partial charge in [0.2, 0.25) is 0 Å². The fourth-order valence-electron chi connectivity index (χ4n) is 3.68. The molecule has 2 aromatic heterocycles. The highest BCUT2D eigenvalue weighted by molar-refractivity contribution is 5.82. The molecule has 0 aliphatic carbocycles. The van der Waals surface area contributed by atoms with Crippen molar-refractivity contribution in [2.75, 3.05) is 42.9 Å². The highest BCUT2D eigenvalue weighted by Gasteiger charge is 2.13. The molecule has 0 bridgehead atoms. The molecule has 1 aliphatic rings. The number of fused-ring (bicyclic) bond motifs is 1. The van der Waals surface area contributed by atoms with Gasteiger partial charge in [-0.1, -0.05) is 12.1 Å². The summed E-state index contributed by atoms with van der Waals surface area (Å²) in [5, 5.41) is 21.5. The first-order valence-corrected chi connectivity index (χ1v) is 9.68. The van der Waals surface area contributed by atoms with Crippen LogP contribution in [0.2, 0.25) is 0 Å². The summed E-state index contributed by atoms with van der Waals surface area (Å²) in [7, 11) is 1.87. The van der Waals surface area contributed by atoms with Crippen LogP contribution in [0.1, 0.15) is 16.8 Å². The van der Waals surface area contributed by atoms with E-state index < -0.39 is 0 Å². The van der Waals surface area contributed by atoms with Gasteiger partial charge >= 0.3 is 0 Å². The lowest BCUT2D eigenvalue weighted by Crippen LogP contribution is -2.43. The molecule has 1 saturated heterocycles. The minimum atomic E-state index is 0.553. The van der Waals surface area contributed by atoms with Gasteiger partial charge in [-0.25, -0.2) is 4.98 Å². The maximum Gasteiger partial charge on any atom is 0.160 e. The van der Waals surface area contributed by atoms with Crippen LogP contribution < -0.4 is 15.5 Å². The summed E-state index contributed by atoms with van der Waals surface area (Å²) in [6.07, 6.45) is 0.872. The first-order chi connectivity index (χ1) is 13.7. The maximum atomic E-state index is 9.48. The predicted molar refractivity (Wildman–Crippen MR) is 112 cm³/mol. The number of hydrogen-bond acceptors (Lipinski definition) is 6. The molecular weight excluding hydrogens is 350 g/mol. The third kappa shape index (κ3) is 3.64. The molecule has 1 fully saturated rings. The Morgan fingerprint density at radius 1 is 1.21 bits per heavy atom. The van der Waals surface area contributed by atoms with E-state index in [2.05, 4.69) is 56.0 Å². The van der Waals surface area contributed by atoms with Crippen molar-refractivity contribution in [3.8, 4) is 6.07 Å². The summed E-state index contributed by atoms with van der Waals surface area (Å²) in [6, 6.07) is 12.9. The number of pyridine rings is 1. The number of nitrogens with zero attached hydrogens (tertiary/aromatic N) is 5. The highest BCUT2D eigenvalue weighted by atomic mass is 15.3. The topological polar surface area (TPSA) is 81.8 Å². The van der Waals surface area contributed by atoms with Gasteiger partial charge in [-0.2, -0.15) is 10.4 Å². The Morgan fingerprint density at radius 2 is 1.96 bits per heavy atom. The van der Waals surface area contributed by atoms with Gasteiger partial charge in [0.05, 0.1) is 11.3 Å². The van der Waals surface area contributed by atoms with Crippen molar-refractivity contribution in [1.82, 2.24) is 20.1 Å². The van der Waals surface area contributed by atoms with Gasteiger partial charge < -0.3 is 15.5 Å². The van der Waals surface area contributed by atoms with E-state index in [1.165, 1.54) is 11.3 Å². The van der Waals surface area contributed by atoms with Crippen molar-refractivity contribution in [2.24, 2.45) is 7.05 Å². The Kier molecular flexibility index (Phi) is 5.13. The summed E-state index contributed by atoms with van der Waals surface area (Å²) in [4.78, 5) is 7.04. The lowest BCUT2D eigenvalue weighted by atomic mass is 10.1. The average Bonchev–Trinajstić information content (AvgIpc) is 3.01. The van der Waals surface area contributed by atoms with E-state index >= 15 is 0 Å². The number of aromatic nitrogens is 3. The Morgan fingerprint density at radius 3 is 2.68 bits per heavy atom. The predicted octanol–water partition coefficient (Wildman–Crippen LogP) is 2.21. The van der Waals surface area contributed by atoms with E-state index in [-0.39, 0.29) is 0 Å². The van der Waals surface area contributed by atoms with E-state index in [0.29, 0.717) is 11.4 Å². The Bertz CT molecular complexity index is 1010. The van der Waals surface area contributed by atoms with Crippen molar-refractivity contribution in [1.29, 1.82) is 5.26 Å². The molecule has 28 heavy (non-hydrogen) atoms. The number of nitrogens with one attached hydrogen (secondary N) is 2. The lowest BCUT2D eigenvalue weighted by molar-refractivity contribution is 0.589. The van der Waals surface area contributed by atoms with Crippen molar-refractivity contribution in [2.45, 2.75) is 13.3 Å². The minimum absolute atomic E-state index is 0.553. The van der Waals surface area contributed by atoms with Gasteiger partial charge in [0.25, 0.3) is 0 Å². The molecule has 144 valence electrons. The highest BCUT2D eigenvalue weighted by Crippen LogP contribution is 2.22. The molecule has 2 N–H and O–H groups in total. The zero-order chi connectivity index (χ0) is 19.5. The van der Waals surface area contributed by atoms with Crippen molar-refractivity contribution < 1.29 is 0 Å². The number of piperazine rings is 1. The number of benzene rings is 1. The second-order valence-electron chi connectivity index (χ2n) is 7.16. The first-order valence-electron chi connectivity index (χ1n) is 9.68. The molecule has 0 radical (unpaired) electrons. The summed E-state index contributed by atoms with van der Waals surface area (Å²) >= 11 is 0. The lowest BCUT2D eigenvalue weighted by Gasteiger charge is -2.29. The Labute approximate surface area is 165 Å². The summed E-state index contributed by atoms with van der Waals surface area (Å²) in [5.41, 5.74) is 4.78. The van der Waals surface area contributed by atoms with E-state index in [9.17, 15) is 5.26 Å². The second-order valence-corrected chi connectivity index (χ2v) is 7.16. The molecule has 1 aromatic carbocycles. The second kappa shape index (κ2) is 7.87. The van der Waals surface area contributed by atoms with E-state index in [4.69, 9.17) is 0 Å². The van der Waals surface area contributed by atoms with E-state index in [0.717, 1.165) is 55.9 Å². The van der Waals surface area contributed by atoms with Crippen LogP contribution in [0.5, 0.6) is 0 Å². The zero-order valence-corrected chi connectivity index (χ0v) is 16.4. The molecule has 0 spiro atoms. The van der Waals surface area contributed by atoms with E-state index in [1.54, 1.807) is 4.68 Å². The van der Waals surface area contributed by atoms with Crippen LogP contribution in [0.25, 0.3) is 11.0 Å². The molecule has 0 unspecified atom stereocenters. The molecule has 0 amide bonds.